The lowest BCUT2D eigenvalue weighted by molar-refractivity contribution is -0.114. The van der Waals surface area contributed by atoms with Gasteiger partial charge in [-0.3, -0.25) is 4.79 Å². The summed E-state index contributed by atoms with van der Waals surface area (Å²) < 4.78 is 16.8. The quantitative estimate of drug-likeness (QED) is 0.671. The summed E-state index contributed by atoms with van der Waals surface area (Å²) >= 11 is 0. The molecule has 4 rings (SSSR count). The Morgan fingerprint density at radius 2 is 1.50 bits per heavy atom. The van der Waals surface area contributed by atoms with Crippen LogP contribution in [-0.4, -0.2) is 25.7 Å². The average molecular weight is 376 g/mol. The molecule has 0 fully saturated rings. The van der Waals surface area contributed by atoms with Crippen molar-refractivity contribution in [3.8, 4) is 23.0 Å². The Bertz CT molecular complexity index is 943. The minimum absolute atomic E-state index is 0.146. The lowest BCUT2D eigenvalue weighted by Gasteiger charge is -2.19. The molecule has 0 bridgehead atoms. The maximum absolute atomic E-state index is 12.2. The van der Waals surface area contributed by atoms with Crippen molar-refractivity contribution in [2.45, 2.75) is 0 Å². The third-order valence-corrected chi connectivity index (χ3v) is 4.11. The summed E-state index contributed by atoms with van der Waals surface area (Å²) in [4.78, 5) is 12.2. The minimum atomic E-state index is -0.152. The number of rotatable bonds is 6. The van der Waals surface area contributed by atoms with Gasteiger partial charge in [0.2, 0.25) is 5.91 Å². The van der Waals surface area contributed by atoms with Gasteiger partial charge in [0.15, 0.2) is 11.5 Å². The summed E-state index contributed by atoms with van der Waals surface area (Å²) in [7, 11) is 0. The summed E-state index contributed by atoms with van der Waals surface area (Å²) in [5, 5.41) is 5.94. The largest absolute Gasteiger partial charge is 0.486 e. The highest BCUT2D eigenvalue weighted by Gasteiger charge is 2.12. The summed E-state index contributed by atoms with van der Waals surface area (Å²) in [6.45, 7) is 1.20. The average Bonchev–Trinajstić information content (AvgIpc) is 2.74. The highest BCUT2D eigenvalue weighted by Crippen LogP contribution is 2.32. The van der Waals surface area contributed by atoms with E-state index in [1.165, 1.54) is 0 Å². The van der Waals surface area contributed by atoms with Crippen LogP contribution in [0.4, 0.5) is 11.4 Å². The van der Waals surface area contributed by atoms with Crippen LogP contribution in [0.25, 0.3) is 0 Å². The number of para-hydroxylation sites is 1. The maximum Gasteiger partial charge on any atom is 0.243 e. The topological polar surface area (TPSA) is 68.8 Å². The fourth-order valence-electron chi connectivity index (χ4n) is 2.77. The van der Waals surface area contributed by atoms with E-state index < -0.39 is 0 Å². The molecule has 0 atom stereocenters. The van der Waals surface area contributed by atoms with Crippen molar-refractivity contribution >= 4 is 17.3 Å². The first kappa shape index (κ1) is 17.7. The maximum atomic E-state index is 12.2. The second kappa shape index (κ2) is 8.35. The number of carbonyl (C=O) groups is 1. The van der Waals surface area contributed by atoms with E-state index in [1.807, 2.05) is 54.6 Å². The summed E-state index contributed by atoms with van der Waals surface area (Å²) in [6, 6.07) is 22.4. The molecule has 28 heavy (non-hydrogen) atoms. The number of carbonyl (C=O) groups excluding carboxylic acids is 1. The molecule has 1 aliphatic heterocycles. The van der Waals surface area contributed by atoms with Crippen molar-refractivity contribution in [2.24, 2.45) is 0 Å². The van der Waals surface area contributed by atoms with E-state index in [1.54, 1.807) is 18.2 Å². The molecule has 3 aromatic rings. The molecule has 0 spiro atoms. The fourth-order valence-corrected chi connectivity index (χ4v) is 2.77. The van der Waals surface area contributed by atoms with Crippen LogP contribution in [0.2, 0.25) is 0 Å². The lowest BCUT2D eigenvalue weighted by Crippen LogP contribution is -2.22. The molecule has 6 heteroatoms. The zero-order valence-electron chi connectivity index (χ0n) is 15.2. The van der Waals surface area contributed by atoms with E-state index >= 15 is 0 Å². The van der Waals surface area contributed by atoms with Crippen LogP contribution in [-0.2, 0) is 4.79 Å². The minimum Gasteiger partial charge on any atom is -0.486 e. The van der Waals surface area contributed by atoms with Crippen LogP contribution < -0.4 is 24.8 Å². The van der Waals surface area contributed by atoms with Crippen LogP contribution >= 0.6 is 0 Å². The molecule has 6 nitrogen and oxygen atoms in total. The van der Waals surface area contributed by atoms with Crippen molar-refractivity contribution in [2.75, 3.05) is 30.4 Å². The van der Waals surface area contributed by atoms with Gasteiger partial charge >= 0.3 is 0 Å². The van der Waals surface area contributed by atoms with Crippen molar-refractivity contribution in [3.05, 3.63) is 72.8 Å². The van der Waals surface area contributed by atoms with Gasteiger partial charge in [-0.05, 0) is 48.5 Å². The first-order valence-electron chi connectivity index (χ1n) is 9.03. The Balaban J connectivity index is 1.28. The van der Waals surface area contributed by atoms with Gasteiger partial charge in [-0.15, -0.1) is 0 Å². The predicted molar refractivity (Wildman–Crippen MR) is 108 cm³/mol. The molecule has 1 aliphatic rings. The summed E-state index contributed by atoms with van der Waals surface area (Å²) in [5.41, 5.74) is 1.50. The van der Waals surface area contributed by atoms with Gasteiger partial charge in [0.1, 0.15) is 24.7 Å². The Hall–Kier alpha value is -3.67. The number of hydrogen-bond acceptors (Lipinski definition) is 5. The SMILES string of the molecule is O=C(CNc1ccc(Oc2ccccc2)cc1)Nc1ccc2c(c1)OCCO2. The number of fused-ring (bicyclic) bond motifs is 1. The second-order valence-electron chi connectivity index (χ2n) is 6.20. The third kappa shape index (κ3) is 4.54. The molecule has 3 aromatic carbocycles. The van der Waals surface area contributed by atoms with Crippen molar-refractivity contribution in [3.63, 3.8) is 0 Å². The van der Waals surface area contributed by atoms with E-state index in [2.05, 4.69) is 10.6 Å². The molecule has 0 aliphatic carbocycles. The molecular weight excluding hydrogens is 356 g/mol. The molecule has 142 valence electrons. The van der Waals surface area contributed by atoms with E-state index in [0.29, 0.717) is 30.4 Å². The van der Waals surface area contributed by atoms with Gasteiger partial charge in [-0.25, -0.2) is 0 Å². The van der Waals surface area contributed by atoms with Crippen LogP contribution in [0.15, 0.2) is 72.8 Å². The molecular formula is C22H20N2O4. The predicted octanol–water partition coefficient (Wildman–Crippen LogP) is 4.30. The monoisotopic (exact) mass is 376 g/mol. The number of nitrogens with one attached hydrogen (secondary N) is 2. The first-order chi connectivity index (χ1) is 13.8. The standard InChI is InChI=1S/C22H20N2O4/c25-22(24-17-8-11-20-21(14-17)27-13-12-26-20)15-23-16-6-9-19(10-7-16)28-18-4-2-1-3-5-18/h1-11,14,23H,12-13,15H2,(H,24,25). The van der Waals surface area contributed by atoms with E-state index in [0.717, 1.165) is 17.2 Å². The number of benzene rings is 3. The van der Waals surface area contributed by atoms with Crippen molar-refractivity contribution in [1.82, 2.24) is 0 Å². The Kier molecular flexibility index (Phi) is 5.29. The van der Waals surface area contributed by atoms with Gasteiger partial charge in [-0.2, -0.15) is 0 Å². The van der Waals surface area contributed by atoms with Gasteiger partial charge in [0, 0.05) is 17.4 Å². The van der Waals surface area contributed by atoms with Crippen LogP contribution in [0.5, 0.6) is 23.0 Å². The number of ether oxygens (including phenoxy) is 3. The zero-order chi connectivity index (χ0) is 19.2. The first-order valence-corrected chi connectivity index (χ1v) is 9.03. The lowest BCUT2D eigenvalue weighted by atomic mass is 10.2. The number of hydrogen-bond donors (Lipinski definition) is 2. The highest BCUT2D eigenvalue weighted by atomic mass is 16.6. The summed E-state index contributed by atoms with van der Waals surface area (Å²) in [6.07, 6.45) is 0. The molecule has 1 heterocycles. The van der Waals surface area contributed by atoms with Crippen LogP contribution in [0, 0.1) is 0 Å². The molecule has 0 aromatic heterocycles. The molecule has 0 saturated heterocycles. The number of amides is 1. The van der Waals surface area contributed by atoms with Gasteiger partial charge in [-0.1, -0.05) is 18.2 Å². The van der Waals surface area contributed by atoms with Gasteiger partial charge in [0.05, 0.1) is 6.54 Å². The fraction of sp³-hybridized carbons (Fsp3) is 0.136. The zero-order valence-corrected chi connectivity index (χ0v) is 15.2. The smallest absolute Gasteiger partial charge is 0.243 e. The molecule has 0 saturated carbocycles. The molecule has 1 amide bonds. The normalized spacial score (nSPS) is 12.1. The van der Waals surface area contributed by atoms with Crippen LogP contribution in [0.1, 0.15) is 0 Å². The molecule has 2 N–H and O–H groups in total. The Morgan fingerprint density at radius 3 is 2.29 bits per heavy atom. The van der Waals surface area contributed by atoms with Crippen molar-refractivity contribution in [1.29, 1.82) is 0 Å². The number of anilines is 2. The molecule has 0 unspecified atom stereocenters. The third-order valence-electron chi connectivity index (χ3n) is 4.11. The van der Waals surface area contributed by atoms with Crippen molar-refractivity contribution < 1.29 is 19.0 Å². The molecule has 0 radical (unpaired) electrons. The van der Waals surface area contributed by atoms with Gasteiger partial charge < -0.3 is 24.8 Å². The Labute approximate surface area is 163 Å². The van der Waals surface area contributed by atoms with E-state index in [4.69, 9.17) is 14.2 Å². The van der Waals surface area contributed by atoms with E-state index in [-0.39, 0.29) is 12.5 Å². The highest BCUT2D eigenvalue weighted by molar-refractivity contribution is 5.94. The Morgan fingerprint density at radius 1 is 0.821 bits per heavy atom. The van der Waals surface area contributed by atoms with Crippen LogP contribution in [0.3, 0.4) is 0 Å². The van der Waals surface area contributed by atoms with Gasteiger partial charge in [0.25, 0.3) is 0 Å². The van der Waals surface area contributed by atoms with E-state index in [9.17, 15) is 4.79 Å². The second-order valence-corrected chi connectivity index (χ2v) is 6.20. The summed E-state index contributed by atoms with van der Waals surface area (Å²) in [5.74, 6) is 2.70.